The van der Waals surface area contributed by atoms with Gasteiger partial charge in [0.25, 0.3) is 0 Å². The Morgan fingerprint density at radius 3 is 2.55 bits per heavy atom. The Hall–Kier alpha value is -4.63. The third kappa shape index (κ3) is 10.2. The molecule has 0 bridgehead atoms. The molecule has 1 unspecified atom stereocenters. The van der Waals surface area contributed by atoms with Gasteiger partial charge in [-0.3, -0.25) is 18.9 Å². The molecule has 2 saturated carbocycles. The Kier molecular flexibility index (Phi) is 14.2. The quantitative estimate of drug-likeness (QED) is 0.0792. The smallest absolute Gasteiger partial charge is 0.245 e. The summed E-state index contributed by atoms with van der Waals surface area (Å²) in [5.41, 5.74) is 0.871. The van der Waals surface area contributed by atoms with Crippen molar-refractivity contribution in [3.05, 3.63) is 76.2 Å². The first-order valence-corrected chi connectivity index (χ1v) is 25.7. The van der Waals surface area contributed by atoms with Crippen LogP contribution in [-0.4, -0.2) is 80.6 Å². The van der Waals surface area contributed by atoms with Crippen LogP contribution in [0.15, 0.2) is 53.9 Å². The minimum Gasteiger partial charge on any atom is -0.495 e. The number of thiazole rings is 1. The Bertz CT molecular complexity index is 2500. The number of ether oxygens (including phenoxy) is 2. The van der Waals surface area contributed by atoms with E-state index in [0.717, 1.165) is 50.7 Å². The van der Waals surface area contributed by atoms with E-state index in [-0.39, 0.29) is 42.3 Å². The molecule has 3 amide bonds. The van der Waals surface area contributed by atoms with Gasteiger partial charge in [0.2, 0.25) is 25.1 Å². The Labute approximate surface area is 386 Å². The molecule has 0 radical (unpaired) electrons. The fraction of sp³-hybridized carbons (Fsp3) is 0.511. The van der Waals surface area contributed by atoms with Crippen molar-refractivity contribution < 1.29 is 42.1 Å². The summed E-state index contributed by atoms with van der Waals surface area (Å²) in [5.74, 6) is -2.93. The highest BCUT2D eigenvalue weighted by molar-refractivity contribution is 7.59. The van der Waals surface area contributed by atoms with Crippen molar-refractivity contribution in [2.24, 2.45) is 11.8 Å². The summed E-state index contributed by atoms with van der Waals surface area (Å²) in [4.78, 5) is 66.2. The van der Waals surface area contributed by atoms with Crippen LogP contribution in [-0.2, 0) is 25.1 Å². The van der Waals surface area contributed by atoms with Gasteiger partial charge in [0.05, 0.1) is 31.0 Å². The number of carbonyl (C=O) groups is 3. The second-order valence-corrected chi connectivity index (χ2v) is 21.9. The van der Waals surface area contributed by atoms with Gasteiger partial charge in [-0.2, -0.15) is 0 Å². The van der Waals surface area contributed by atoms with Gasteiger partial charge in [0.15, 0.2) is 5.13 Å². The number of pyridine rings is 1. The van der Waals surface area contributed by atoms with Crippen molar-refractivity contribution in [2.75, 3.05) is 19.0 Å². The van der Waals surface area contributed by atoms with Gasteiger partial charge in [-0.05, 0) is 82.6 Å². The van der Waals surface area contributed by atoms with E-state index < -0.39 is 71.9 Å². The molecule has 348 valence electrons. The lowest BCUT2D eigenvalue weighted by atomic mass is 10.0. The topological polar surface area (TPSA) is 172 Å². The number of anilines is 1. The molecule has 2 aromatic heterocycles. The predicted molar refractivity (Wildman–Crippen MR) is 247 cm³/mol. The monoisotopic (exact) mass is 952 g/mol. The SMILES string of the molecule is COc1ccc2c(O[C@@H]3C[C@H]4C(=O)N[C@]5(P(=O)(O)Cc6c(F)cccc6F)C[C@@H]5/C=C\CCCCC[C@H](NC(=O)CC5CCCC5)C(=O)N4C3)cc(-c3csc(NC(C)C)n3)nc2c1Cl. The summed E-state index contributed by atoms with van der Waals surface area (Å²) in [5, 5.41) is 10.8. The van der Waals surface area contributed by atoms with E-state index >= 15 is 0 Å². The van der Waals surface area contributed by atoms with Crippen molar-refractivity contribution in [3.8, 4) is 22.9 Å². The summed E-state index contributed by atoms with van der Waals surface area (Å²) < 4.78 is 56.8. The largest absolute Gasteiger partial charge is 0.495 e. The molecule has 0 spiro atoms. The molecule has 65 heavy (non-hydrogen) atoms. The first kappa shape index (κ1) is 46.9. The van der Waals surface area contributed by atoms with Gasteiger partial charge in [-0.25, -0.2) is 18.7 Å². The molecular weight excluding hydrogens is 897 g/mol. The second-order valence-electron chi connectivity index (χ2n) is 18.1. The van der Waals surface area contributed by atoms with Crippen LogP contribution in [0.2, 0.25) is 5.02 Å². The summed E-state index contributed by atoms with van der Waals surface area (Å²) in [7, 11) is -3.09. The highest BCUT2D eigenvalue weighted by atomic mass is 35.5. The number of fused-ring (bicyclic) bond motifs is 3. The molecule has 13 nitrogen and oxygen atoms in total. The van der Waals surface area contributed by atoms with Gasteiger partial charge in [-0.15, -0.1) is 11.3 Å². The number of hydrogen-bond acceptors (Lipinski definition) is 10. The highest BCUT2D eigenvalue weighted by Gasteiger charge is 2.66. The summed E-state index contributed by atoms with van der Waals surface area (Å²) in [6.45, 7) is 3.95. The zero-order valence-electron chi connectivity index (χ0n) is 36.8. The van der Waals surface area contributed by atoms with Crippen molar-refractivity contribution in [2.45, 2.75) is 127 Å². The molecule has 3 fully saturated rings. The molecule has 4 heterocycles. The van der Waals surface area contributed by atoms with Crippen LogP contribution in [0.4, 0.5) is 13.9 Å². The van der Waals surface area contributed by atoms with Gasteiger partial charge in [0.1, 0.15) is 57.3 Å². The molecule has 4 N–H and O–H groups in total. The highest BCUT2D eigenvalue weighted by Crippen LogP contribution is 2.71. The van der Waals surface area contributed by atoms with Crippen molar-refractivity contribution >= 4 is 64.1 Å². The molecule has 4 aliphatic rings. The molecule has 2 aliphatic carbocycles. The fourth-order valence-corrected chi connectivity index (χ4v) is 13.1. The molecular formula is C47H56ClF2N6O7PS. The minimum atomic E-state index is -4.59. The number of allylic oxidation sites excluding steroid dienone is 1. The number of carbonyl (C=O) groups excluding carboxylic acids is 3. The van der Waals surface area contributed by atoms with Gasteiger partial charge >= 0.3 is 0 Å². The van der Waals surface area contributed by atoms with E-state index in [9.17, 15) is 32.6 Å². The van der Waals surface area contributed by atoms with Crippen molar-refractivity contribution in [3.63, 3.8) is 0 Å². The molecule has 18 heteroatoms. The number of hydrogen-bond donors (Lipinski definition) is 4. The van der Waals surface area contributed by atoms with Crippen molar-refractivity contribution in [1.29, 1.82) is 0 Å². The maximum atomic E-state index is 15.0. The Morgan fingerprint density at radius 1 is 1.06 bits per heavy atom. The van der Waals surface area contributed by atoms with Crippen LogP contribution >= 0.6 is 30.3 Å². The molecule has 6 atom stereocenters. The van der Waals surface area contributed by atoms with Crippen LogP contribution in [0.5, 0.6) is 11.5 Å². The predicted octanol–water partition coefficient (Wildman–Crippen LogP) is 9.36. The van der Waals surface area contributed by atoms with E-state index in [1.54, 1.807) is 24.3 Å². The molecule has 1 saturated heterocycles. The van der Waals surface area contributed by atoms with Crippen LogP contribution < -0.4 is 25.4 Å². The molecule has 2 aromatic carbocycles. The second kappa shape index (κ2) is 19.7. The zero-order chi connectivity index (χ0) is 46.0. The number of aromatic nitrogens is 2. The first-order valence-electron chi connectivity index (χ1n) is 22.6. The normalized spacial score (nSPS) is 25.5. The summed E-state index contributed by atoms with van der Waals surface area (Å²) in [6, 6.07) is 6.43. The molecule has 2 aliphatic heterocycles. The number of nitrogens with zero attached hydrogens (tertiary/aromatic N) is 3. The maximum absolute atomic E-state index is 15.0. The van der Waals surface area contributed by atoms with E-state index in [0.29, 0.717) is 64.6 Å². The Balaban J connectivity index is 1.15. The lowest BCUT2D eigenvalue weighted by Crippen LogP contribution is -2.55. The fourth-order valence-electron chi connectivity index (χ4n) is 9.56. The standard InChI is InChI=1S/C47H56ClF2N6O7PS/c1-27(2)51-46-54-37(26-65-46)36-22-40(31-18-19-39(62-3)42(48)43(31)53-36)63-30-21-38-44(58)55-47(64(60,61)25-32-33(49)15-11-16-34(32)50)23-29(47)14-7-5-4-6-8-17-35(45(59)56(38)24-30)52-41(57)20-28-12-9-10-13-28/h7,11,14-16,18-19,22,26-30,35,38H,4-6,8-10,12-13,17,20-21,23-25H2,1-3H3,(H,51,54)(H,52,57)(H,55,58)(H,60,61)/b14-7-/t29-,30+,35-,38-,47-/m0/s1. The van der Waals surface area contributed by atoms with E-state index in [1.165, 1.54) is 29.4 Å². The van der Waals surface area contributed by atoms with Crippen LogP contribution in [0.25, 0.3) is 22.3 Å². The van der Waals surface area contributed by atoms with Crippen LogP contribution in [0.3, 0.4) is 0 Å². The lowest BCUT2D eigenvalue weighted by molar-refractivity contribution is -0.142. The molecule has 4 aromatic rings. The number of amides is 3. The Morgan fingerprint density at radius 2 is 1.82 bits per heavy atom. The van der Waals surface area contributed by atoms with Crippen LogP contribution in [0.1, 0.15) is 96.5 Å². The summed E-state index contributed by atoms with van der Waals surface area (Å²) in [6.07, 6.45) is 9.56. The van der Waals surface area contributed by atoms with E-state index in [4.69, 9.17) is 31.0 Å². The van der Waals surface area contributed by atoms with Crippen LogP contribution in [0, 0.1) is 23.5 Å². The zero-order valence-corrected chi connectivity index (χ0v) is 39.3. The number of nitrogens with one attached hydrogen (secondary N) is 3. The minimum absolute atomic E-state index is 0.0310. The number of halogens is 3. The summed E-state index contributed by atoms with van der Waals surface area (Å²) >= 11 is 8.29. The number of methoxy groups -OCH3 is 1. The average Bonchev–Trinajstić information content (AvgIpc) is 3.68. The van der Waals surface area contributed by atoms with Gasteiger partial charge < -0.3 is 35.2 Å². The van der Waals surface area contributed by atoms with Gasteiger partial charge in [-0.1, -0.05) is 55.5 Å². The lowest BCUT2D eigenvalue weighted by Gasteiger charge is -2.31. The van der Waals surface area contributed by atoms with E-state index in [2.05, 4.69) is 16.0 Å². The number of benzene rings is 2. The first-order chi connectivity index (χ1) is 31.2. The van der Waals surface area contributed by atoms with Gasteiger partial charge in [0, 0.05) is 47.2 Å². The molecule has 8 rings (SSSR count). The maximum Gasteiger partial charge on any atom is 0.245 e. The third-order valence-corrected chi connectivity index (χ3v) is 16.8. The number of rotatable bonds is 12. The average molecular weight is 953 g/mol. The third-order valence-electron chi connectivity index (χ3n) is 13.1. The van der Waals surface area contributed by atoms with Crippen molar-refractivity contribution in [1.82, 2.24) is 25.5 Å². The van der Waals surface area contributed by atoms with E-state index in [1.807, 2.05) is 25.3 Å².